The van der Waals surface area contributed by atoms with Gasteiger partial charge in [-0.05, 0) is 48.2 Å². The largest absolute Gasteiger partial charge is 0.348 e. The first-order valence-electron chi connectivity index (χ1n) is 12.5. The number of pyridine rings is 2. The molecule has 1 spiro atoms. The van der Waals surface area contributed by atoms with E-state index in [2.05, 4.69) is 71.8 Å². The second kappa shape index (κ2) is 9.39. The van der Waals surface area contributed by atoms with Crippen molar-refractivity contribution in [3.05, 3.63) is 83.7 Å². The van der Waals surface area contributed by atoms with Crippen molar-refractivity contribution in [2.75, 3.05) is 23.7 Å². The fourth-order valence-electron chi connectivity index (χ4n) is 4.74. The normalized spacial score (nSPS) is 15.6. The molecule has 5 rings (SSSR count). The molecule has 1 amide bonds. The number of benzene rings is 1. The highest BCUT2D eigenvalue weighted by Gasteiger charge is 2.46. The summed E-state index contributed by atoms with van der Waals surface area (Å²) in [6, 6.07) is 14.3. The van der Waals surface area contributed by atoms with Gasteiger partial charge in [-0.3, -0.25) is 4.79 Å². The van der Waals surface area contributed by atoms with Crippen molar-refractivity contribution in [2.24, 2.45) is 0 Å². The number of rotatable bonds is 7. The van der Waals surface area contributed by atoms with Gasteiger partial charge >= 0.3 is 0 Å². The summed E-state index contributed by atoms with van der Waals surface area (Å²) in [5.41, 5.74) is 6.08. The van der Waals surface area contributed by atoms with Gasteiger partial charge in [0, 0.05) is 54.1 Å². The SMILES string of the molecule is C=CCNC(=O)c1cnc(Nc2ccc3c(c2)CNCC32CC2)cc1Nc1cccc(C(C)(C)C)n1. The molecule has 7 nitrogen and oxygen atoms in total. The van der Waals surface area contributed by atoms with Crippen molar-refractivity contribution < 1.29 is 4.79 Å². The molecule has 1 saturated carbocycles. The first-order valence-corrected chi connectivity index (χ1v) is 12.5. The van der Waals surface area contributed by atoms with Crippen LogP contribution in [0.15, 0.2) is 61.3 Å². The summed E-state index contributed by atoms with van der Waals surface area (Å²) in [6.07, 6.45) is 5.77. The zero-order valence-electron chi connectivity index (χ0n) is 21.2. The van der Waals surface area contributed by atoms with Crippen LogP contribution in [-0.4, -0.2) is 29.0 Å². The fraction of sp³-hybridized carbons (Fsp3) is 0.345. The van der Waals surface area contributed by atoms with Crippen molar-refractivity contribution in [2.45, 2.75) is 51.0 Å². The van der Waals surface area contributed by atoms with Gasteiger partial charge in [-0.1, -0.05) is 39.0 Å². The summed E-state index contributed by atoms with van der Waals surface area (Å²) in [5, 5.41) is 13.2. The Balaban J connectivity index is 1.44. The molecule has 1 fully saturated rings. The second-order valence-corrected chi connectivity index (χ2v) is 10.8. The van der Waals surface area contributed by atoms with E-state index in [1.165, 1.54) is 24.0 Å². The summed E-state index contributed by atoms with van der Waals surface area (Å²) < 4.78 is 0. The van der Waals surface area contributed by atoms with E-state index in [0.717, 1.165) is 24.5 Å². The molecular formula is C29H34N6O. The maximum atomic E-state index is 12.9. The smallest absolute Gasteiger partial charge is 0.255 e. The molecule has 4 N–H and O–H groups in total. The molecule has 1 aliphatic carbocycles. The van der Waals surface area contributed by atoms with Crippen molar-refractivity contribution in [1.29, 1.82) is 0 Å². The van der Waals surface area contributed by atoms with Gasteiger partial charge in [0.15, 0.2) is 0 Å². The van der Waals surface area contributed by atoms with Gasteiger partial charge in [-0.15, -0.1) is 6.58 Å². The lowest BCUT2D eigenvalue weighted by molar-refractivity contribution is 0.0958. The van der Waals surface area contributed by atoms with E-state index in [9.17, 15) is 4.79 Å². The van der Waals surface area contributed by atoms with Crippen LogP contribution in [0.2, 0.25) is 0 Å². The Bertz CT molecular complexity index is 1310. The molecule has 2 aromatic heterocycles. The number of aromatic nitrogens is 2. The minimum atomic E-state index is -0.224. The van der Waals surface area contributed by atoms with Crippen molar-refractivity contribution in [3.63, 3.8) is 0 Å². The molecule has 186 valence electrons. The summed E-state index contributed by atoms with van der Waals surface area (Å²) in [7, 11) is 0. The minimum absolute atomic E-state index is 0.0901. The van der Waals surface area contributed by atoms with Gasteiger partial charge in [-0.25, -0.2) is 9.97 Å². The number of hydrogen-bond donors (Lipinski definition) is 4. The lowest BCUT2D eigenvalue weighted by Crippen LogP contribution is -2.33. The molecule has 7 heteroatoms. The topological polar surface area (TPSA) is 91.0 Å². The predicted octanol–water partition coefficient (Wildman–Crippen LogP) is 5.31. The van der Waals surface area contributed by atoms with Gasteiger partial charge in [0.05, 0.1) is 11.3 Å². The highest BCUT2D eigenvalue weighted by Crippen LogP contribution is 2.50. The summed E-state index contributed by atoms with van der Waals surface area (Å²) >= 11 is 0. The first kappa shape index (κ1) is 24.0. The monoisotopic (exact) mass is 482 g/mol. The minimum Gasteiger partial charge on any atom is -0.348 e. The van der Waals surface area contributed by atoms with Crippen LogP contribution in [0.3, 0.4) is 0 Å². The number of fused-ring (bicyclic) bond motifs is 2. The molecule has 36 heavy (non-hydrogen) atoms. The average Bonchev–Trinajstić information content (AvgIpc) is 3.62. The Labute approximate surface area is 212 Å². The van der Waals surface area contributed by atoms with Crippen molar-refractivity contribution >= 4 is 28.9 Å². The van der Waals surface area contributed by atoms with E-state index in [-0.39, 0.29) is 11.3 Å². The third kappa shape index (κ3) is 4.97. The lowest BCUT2D eigenvalue weighted by Gasteiger charge is -2.26. The molecule has 1 aliphatic heterocycles. The first-order chi connectivity index (χ1) is 17.3. The summed E-state index contributed by atoms with van der Waals surface area (Å²) in [4.78, 5) is 22.2. The Hall–Kier alpha value is -3.71. The van der Waals surface area contributed by atoms with Gasteiger partial charge < -0.3 is 21.3 Å². The number of hydrogen-bond acceptors (Lipinski definition) is 6. The van der Waals surface area contributed by atoms with E-state index in [1.54, 1.807) is 12.3 Å². The number of nitrogens with zero attached hydrogens (tertiary/aromatic N) is 2. The van der Waals surface area contributed by atoms with Crippen LogP contribution >= 0.6 is 0 Å². The van der Waals surface area contributed by atoms with Gasteiger partial charge in [0.2, 0.25) is 0 Å². The van der Waals surface area contributed by atoms with Crippen LogP contribution in [0.1, 0.15) is 60.8 Å². The van der Waals surface area contributed by atoms with E-state index in [0.29, 0.717) is 34.8 Å². The predicted molar refractivity (Wildman–Crippen MR) is 145 cm³/mol. The van der Waals surface area contributed by atoms with Crippen LogP contribution in [-0.2, 0) is 17.4 Å². The van der Waals surface area contributed by atoms with E-state index in [1.807, 2.05) is 24.3 Å². The number of amides is 1. The maximum Gasteiger partial charge on any atom is 0.255 e. The van der Waals surface area contributed by atoms with Gasteiger partial charge in [0.1, 0.15) is 11.6 Å². The summed E-state index contributed by atoms with van der Waals surface area (Å²) in [6.45, 7) is 12.4. The molecule has 0 radical (unpaired) electrons. The van der Waals surface area contributed by atoms with Crippen LogP contribution in [0, 0.1) is 0 Å². The molecule has 0 unspecified atom stereocenters. The second-order valence-electron chi connectivity index (χ2n) is 10.8. The third-order valence-electron chi connectivity index (χ3n) is 6.92. The summed E-state index contributed by atoms with van der Waals surface area (Å²) in [5.74, 6) is 1.10. The van der Waals surface area contributed by atoms with Crippen LogP contribution < -0.4 is 21.3 Å². The third-order valence-corrected chi connectivity index (χ3v) is 6.92. The van der Waals surface area contributed by atoms with Gasteiger partial charge in [0.25, 0.3) is 5.91 Å². The lowest BCUT2D eigenvalue weighted by atomic mass is 9.88. The fourth-order valence-corrected chi connectivity index (χ4v) is 4.74. The van der Waals surface area contributed by atoms with Crippen LogP contribution in [0.25, 0.3) is 0 Å². The highest BCUT2D eigenvalue weighted by molar-refractivity contribution is 6.00. The number of carbonyl (C=O) groups excluding carboxylic acids is 1. The van der Waals surface area contributed by atoms with Crippen LogP contribution in [0.4, 0.5) is 23.0 Å². The molecule has 0 bridgehead atoms. The number of nitrogens with one attached hydrogen (secondary N) is 4. The van der Waals surface area contributed by atoms with E-state index < -0.39 is 0 Å². The van der Waals surface area contributed by atoms with E-state index >= 15 is 0 Å². The molecule has 3 aromatic rings. The van der Waals surface area contributed by atoms with Crippen LogP contribution in [0.5, 0.6) is 0 Å². The Kier molecular flexibility index (Phi) is 6.26. The molecule has 1 aromatic carbocycles. The van der Waals surface area contributed by atoms with Crippen molar-refractivity contribution in [1.82, 2.24) is 20.6 Å². The molecule has 3 heterocycles. The standard InChI is InChI=1S/C29H34N6O/c1-5-13-31-27(36)21-17-32-26(15-23(21)34-25-8-6-7-24(35-25)28(2,3)4)33-20-9-10-22-19(14-20)16-30-18-29(22)11-12-29/h5-10,14-15,17,30H,1,11-13,16,18H2,2-4H3,(H,31,36)(H2,32,33,34,35). The maximum absolute atomic E-state index is 12.9. The molecular weight excluding hydrogens is 448 g/mol. The van der Waals surface area contributed by atoms with Crippen molar-refractivity contribution in [3.8, 4) is 0 Å². The molecule has 2 aliphatic rings. The number of carbonyl (C=O) groups is 1. The highest BCUT2D eigenvalue weighted by atomic mass is 16.1. The van der Waals surface area contributed by atoms with Gasteiger partial charge in [-0.2, -0.15) is 0 Å². The zero-order valence-corrected chi connectivity index (χ0v) is 21.2. The average molecular weight is 483 g/mol. The molecule has 0 saturated heterocycles. The number of anilines is 4. The quantitative estimate of drug-likeness (QED) is 0.341. The Morgan fingerprint density at radius 3 is 2.72 bits per heavy atom. The van der Waals surface area contributed by atoms with E-state index in [4.69, 9.17) is 4.98 Å². The Morgan fingerprint density at radius 2 is 1.97 bits per heavy atom. The molecule has 0 atom stereocenters. The Morgan fingerprint density at radius 1 is 1.14 bits per heavy atom. The zero-order chi connectivity index (χ0) is 25.3.